The topological polar surface area (TPSA) is 63.2 Å². The van der Waals surface area contributed by atoms with Gasteiger partial charge in [-0.1, -0.05) is 13.0 Å². The quantitative estimate of drug-likeness (QED) is 0.922. The molecule has 0 aliphatic heterocycles. The van der Waals surface area contributed by atoms with Gasteiger partial charge in [0.1, 0.15) is 0 Å². The summed E-state index contributed by atoms with van der Waals surface area (Å²) in [5, 5.41) is 2.42. The van der Waals surface area contributed by atoms with Crippen LogP contribution in [0.4, 0.5) is 0 Å². The summed E-state index contributed by atoms with van der Waals surface area (Å²) < 4.78 is 24.1. The first-order valence-electron chi connectivity index (χ1n) is 4.67. The van der Waals surface area contributed by atoms with Gasteiger partial charge >= 0.3 is 0 Å². The fourth-order valence-corrected chi connectivity index (χ4v) is 3.54. The van der Waals surface area contributed by atoms with E-state index < -0.39 is 15.7 Å². The smallest absolute Gasteiger partial charge is 0.252 e. The van der Waals surface area contributed by atoms with Crippen LogP contribution in [0.3, 0.4) is 0 Å². The van der Waals surface area contributed by atoms with E-state index in [2.05, 4.69) is 21.2 Å². The van der Waals surface area contributed by atoms with E-state index in [4.69, 9.17) is 0 Å². The summed E-state index contributed by atoms with van der Waals surface area (Å²) in [7, 11) is -1.96. The molecule has 1 N–H and O–H groups in total. The first-order chi connectivity index (χ1) is 7.44. The summed E-state index contributed by atoms with van der Waals surface area (Å²) in [4.78, 5) is 11.6. The maximum absolute atomic E-state index is 11.9. The molecule has 4 nitrogen and oxygen atoms in total. The van der Waals surface area contributed by atoms with Crippen molar-refractivity contribution in [3.8, 4) is 0 Å². The Kier molecular flexibility index (Phi) is 4.09. The van der Waals surface area contributed by atoms with E-state index in [0.717, 1.165) is 0 Å². The van der Waals surface area contributed by atoms with Crippen molar-refractivity contribution in [1.82, 2.24) is 5.32 Å². The average Bonchev–Trinajstić information content (AvgIpc) is 2.27. The van der Waals surface area contributed by atoms with Crippen molar-refractivity contribution in [2.75, 3.05) is 12.8 Å². The molecule has 0 aliphatic carbocycles. The molecule has 0 fully saturated rings. The van der Waals surface area contributed by atoms with E-state index in [1.165, 1.54) is 13.1 Å². The minimum atomic E-state index is -3.42. The monoisotopic (exact) mass is 305 g/mol. The summed E-state index contributed by atoms with van der Waals surface area (Å²) in [5.74, 6) is -0.451. The number of carbonyl (C=O) groups excluding carboxylic acids is 1. The molecule has 1 aromatic rings. The molecule has 1 aromatic carbocycles. The molecule has 0 unspecified atom stereocenters. The number of carbonyl (C=O) groups is 1. The van der Waals surface area contributed by atoms with Gasteiger partial charge in [-0.15, -0.1) is 0 Å². The fourth-order valence-electron chi connectivity index (χ4n) is 1.28. The Balaban J connectivity index is 3.54. The van der Waals surface area contributed by atoms with Crippen molar-refractivity contribution in [1.29, 1.82) is 0 Å². The Bertz CT molecular complexity index is 511. The first kappa shape index (κ1) is 13.2. The van der Waals surface area contributed by atoms with Crippen LogP contribution in [0.1, 0.15) is 17.3 Å². The van der Waals surface area contributed by atoms with Crippen LogP contribution >= 0.6 is 15.9 Å². The Morgan fingerprint density at radius 3 is 2.56 bits per heavy atom. The van der Waals surface area contributed by atoms with Gasteiger partial charge in [0, 0.05) is 11.5 Å². The Labute approximate surface area is 103 Å². The van der Waals surface area contributed by atoms with Crippen LogP contribution in [-0.4, -0.2) is 27.1 Å². The number of benzene rings is 1. The second-order valence-electron chi connectivity index (χ2n) is 3.10. The number of sulfone groups is 1. The minimum Gasteiger partial charge on any atom is -0.355 e. The van der Waals surface area contributed by atoms with E-state index in [-0.39, 0.29) is 16.2 Å². The zero-order chi connectivity index (χ0) is 12.3. The van der Waals surface area contributed by atoms with Gasteiger partial charge in [0.25, 0.3) is 5.91 Å². The molecule has 0 spiro atoms. The molecule has 0 heterocycles. The molecule has 0 aliphatic rings. The van der Waals surface area contributed by atoms with Crippen molar-refractivity contribution in [3.05, 3.63) is 28.2 Å². The van der Waals surface area contributed by atoms with E-state index in [1.807, 2.05) is 0 Å². The van der Waals surface area contributed by atoms with Gasteiger partial charge < -0.3 is 5.32 Å². The van der Waals surface area contributed by atoms with Gasteiger partial charge in [0.15, 0.2) is 9.84 Å². The summed E-state index contributed by atoms with van der Waals surface area (Å²) in [6.45, 7) is 1.54. The van der Waals surface area contributed by atoms with Gasteiger partial charge in [0.2, 0.25) is 0 Å². The lowest BCUT2D eigenvalue weighted by atomic mass is 10.2. The first-order valence-corrected chi connectivity index (χ1v) is 7.12. The number of halogens is 1. The van der Waals surface area contributed by atoms with Crippen molar-refractivity contribution in [3.63, 3.8) is 0 Å². The number of amides is 1. The van der Waals surface area contributed by atoms with Crippen LogP contribution in [0, 0.1) is 0 Å². The van der Waals surface area contributed by atoms with Gasteiger partial charge in [0.05, 0.1) is 16.2 Å². The van der Waals surface area contributed by atoms with Crippen LogP contribution in [-0.2, 0) is 9.84 Å². The summed E-state index contributed by atoms with van der Waals surface area (Å²) >= 11 is 3.16. The zero-order valence-electron chi connectivity index (χ0n) is 8.95. The Hall–Kier alpha value is -0.880. The van der Waals surface area contributed by atoms with Crippen molar-refractivity contribution in [2.45, 2.75) is 11.8 Å². The van der Waals surface area contributed by atoms with Crippen LogP contribution in [0.2, 0.25) is 0 Å². The number of hydrogen-bond donors (Lipinski definition) is 1. The Morgan fingerprint density at radius 2 is 2.06 bits per heavy atom. The van der Waals surface area contributed by atoms with Gasteiger partial charge in [-0.2, -0.15) is 0 Å². The maximum Gasteiger partial charge on any atom is 0.252 e. The second-order valence-corrected chi connectivity index (χ2v) is 6.17. The molecule has 0 aromatic heterocycles. The Morgan fingerprint density at radius 1 is 1.44 bits per heavy atom. The highest BCUT2D eigenvalue weighted by atomic mass is 79.9. The number of nitrogens with one attached hydrogen (secondary N) is 1. The van der Waals surface area contributed by atoms with Crippen LogP contribution in [0.5, 0.6) is 0 Å². The molecule has 0 radical (unpaired) electrons. The van der Waals surface area contributed by atoms with Crippen molar-refractivity contribution in [2.24, 2.45) is 0 Å². The highest BCUT2D eigenvalue weighted by Crippen LogP contribution is 2.26. The lowest BCUT2D eigenvalue weighted by Crippen LogP contribution is -2.21. The van der Waals surface area contributed by atoms with Crippen LogP contribution in [0.25, 0.3) is 0 Å². The summed E-state index contributed by atoms with van der Waals surface area (Å²) in [6.07, 6.45) is 0. The molecular weight excluding hydrogens is 294 g/mol. The number of rotatable bonds is 3. The predicted octanol–water partition coefficient (Wildman–Crippen LogP) is 1.60. The SMILES string of the molecule is CCS(=O)(=O)c1c(Br)cccc1C(=O)NC. The highest BCUT2D eigenvalue weighted by Gasteiger charge is 2.23. The lowest BCUT2D eigenvalue weighted by Gasteiger charge is -2.09. The zero-order valence-corrected chi connectivity index (χ0v) is 11.4. The van der Waals surface area contributed by atoms with E-state index in [1.54, 1.807) is 19.1 Å². The molecule has 0 saturated heterocycles. The lowest BCUT2D eigenvalue weighted by molar-refractivity contribution is 0.0959. The molecule has 0 bridgehead atoms. The molecule has 0 saturated carbocycles. The molecule has 88 valence electrons. The maximum atomic E-state index is 11.9. The number of hydrogen-bond acceptors (Lipinski definition) is 3. The van der Waals surface area contributed by atoms with Gasteiger partial charge in [-0.25, -0.2) is 8.42 Å². The fraction of sp³-hybridized carbons (Fsp3) is 0.300. The minimum absolute atomic E-state index is 0.0421. The highest BCUT2D eigenvalue weighted by molar-refractivity contribution is 9.10. The van der Waals surface area contributed by atoms with E-state index >= 15 is 0 Å². The van der Waals surface area contributed by atoms with Crippen molar-refractivity contribution < 1.29 is 13.2 Å². The standard InChI is InChI=1S/C10H12BrNO3S/c1-3-16(14,15)9-7(10(13)12-2)5-4-6-8(9)11/h4-6H,3H2,1-2H3,(H,12,13). The second kappa shape index (κ2) is 4.97. The third-order valence-corrected chi connectivity index (χ3v) is 4.87. The third-order valence-electron chi connectivity index (χ3n) is 2.13. The molecule has 0 atom stereocenters. The molecule has 1 amide bonds. The molecule has 16 heavy (non-hydrogen) atoms. The average molecular weight is 306 g/mol. The summed E-state index contributed by atoms with van der Waals surface area (Å²) in [5.41, 5.74) is 0.165. The van der Waals surface area contributed by atoms with Gasteiger partial charge in [-0.3, -0.25) is 4.79 Å². The molecule has 1 rings (SSSR count). The molecule has 6 heteroatoms. The predicted molar refractivity (Wildman–Crippen MR) is 65.3 cm³/mol. The third kappa shape index (κ3) is 2.44. The van der Waals surface area contributed by atoms with Crippen molar-refractivity contribution >= 4 is 31.7 Å². The van der Waals surface area contributed by atoms with Crippen LogP contribution < -0.4 is 5.32 Å². The normalized spacial score (nSPS) is 11.2. The molecular formula is C10H12BrNO3S. The largest absolute Gasteiger partial charge is 0.355 e. The van der Waals surface area contributed by atoms with Gasteiger partial charge in [-0.05, 0) is 28.1 Å². The summed E-state index contributed by atoms with van der Waals surface area (Å²) in [6, 6.07) is 4.73. The van der Waals surface area contributed by atoms with E-state index in [0.29, 0.717) is 4.47 Å². The van der Waals surface area contributed by atoms with E-state index in [9.17, 15) is 13.2 Å². The van der Waals surface area contributed by atoms with Crippen LogP contribution in [0.15, 0.2) is 27.6 Å².